The summed E-state index contributed by atoms with van der Waals surface area (Å²) in [6.45, 7) is -0.106. The van der Waals surface area contributed by atoms with Gasteiger partial charge in [0, 0.05) is 21.5 Å². The van der Waals surface area contributed by atoms with Crippen molar-refractivity contribution in [2.75, 3.05) is 11.6 Å². The molecule has 1 amide bonds. The first kappa shape index (κ1) is 19.0. The van der Waals surface area contributed by atoms with E-state index < -0.39 is 5.69 Å². The predicted molar refractivity (Wildman–Crippen MR) is 118 cm³/mol. The zero-order valence-corrected chi connectivity index (χ0v) is 16.6. The second-order valence-electron chi connectivity index (χ2n) is 6.49. The lowest BCUT2D eigenvalue weighted by molar-refractivity contribution is -0.116. The quantitative estimate of drug-likeness (QED) is 0.503. The van der Waals surface area contributed by atoms with E-state index in [1.54, 1.807) is 11.8 Å². The fourth-order valence-electron chi connectivity index (χ4n) is 3.24. The first-order chi connectivity index (χ1) is 14.2. The summed E-state index contributed by atoms with van der Waals surface area (Å²) < 4.78 is 1.41. The number of nitrogens with one attached hydrogen (secondary N) is 1. The van der Waals surface area contributed by atoms with E-state index >= 15 is 0 Å². The molecule has 3 aromatic carbocycles. The number of amides is 1. The van der Waals surface area contributed by atoms with Gasteiger partial charge in [-0.1, -0.05) is 54.6 Å². The molecule has 4 aromatic rings. The fourth-order valence-corrected chi connectivity index (χ4v) is 3.70. The van der Waals surface area contributed by atoms with Crippen molar-refractivity contribution in [3.8, 4) is 11.3 Å². The van der Waals surface area contributed by atoms with Crippen molar-refractivity contribution in [1.29, 1.82) is 0 Å². The largest absolute Gasteiger partial charge is 0.349 e. The minimum absolute atomic E-state index is 0.106. The Morgan fingerprint density at radius 1 is 1.00 bits per heavy atom. The molecule has 0 aliphatic rings. The Kier molecular flexibility index (Phi) is 5.44. The zero-order valence-electron chi connectivity index (χ0n) is 15.8. The van der Waals surface area contributed by atoms with Crippen LogP contribution in [-0.2, 0) is 11.3 Å². The third-order valence-electron chi connectivity index (χ3n) is 4.59. The molecule has 1 N–H and O–H groups in total. The van der Waals surface area contributed by atoms with Crippen LogP contribution in [0.1, 0.15) is 0 Å². The number of hydrogen-bond acceptors (Lipinski definition) is 4. The van der Waals surface area contributed by atoms with E-state index in [0.29, 0.717) is 16.9 Å². The Morgan fingerprint density at radius 3 is 2.55 bits per heavy atom. The maximum absolute atomic E-state index is 12.8. The average molecular weight is 401 g/mol. The number of nitrogens with zero attached hydrogens (tertiary/aromatic N) is 2. The zero-order chi connectivity index (χ0) is 20.2. The Morgan fingerprint density at radius 2 is 1.76 bits per heavy atom. The normalized spacial score (nSPS) is 10.8. The van der Waals surface area contributed by atoms with Crippen LogP contribution in [0.15, 0.2) is 88.6 Å². The number of para-hydroxylation sites is 1. The molecule has 144 valence electrons. The highest BCUT2D eigenvalue weighted by atomic mass is 32.2. The molecule has 6 heteroatoms. The Bertz CT molecular complexity index is 1240. The topological polar surface area (TPSA) is 64.0 Å². The molecule has 0 saturated heterocycles. The summed E-state index contributed by atoms with van der Waals surface area (Å²) in [6.07, 6.45) is 1.98. The molecule has 1 heterocycles. The van der Waals surface area contributed by atoms with Crippen LogP contribution in [0.5, 0.6) is 0 Å². The first-order valence-electron chi connectivity index (χ1n) is 9.14. The molecule has 4 rings (SSSR count). The molecular formula is C23H19N3O2S. The summed E-state index contributed by atoms with van der Waals surface area (Å²) in [7, 11) is 0. The summed E-state index contributed by atoms with van der Waals surface area (Å²) in [5.74, 6) is -0.273. The van der Waals surface area contributed by atoms with Gasteiger partial charge in [0.25, 0.3) is 0 Å². The minimum atomic E-state index is -0.449. The van der Waals surface area contributed by atoms with Crippen molar-refractivity contribution >= 4 is 34.3 Å². The number of carbonyl (C=O) groups is 1. The molecule has 0 saturated carbocycles. The van der Waals surface area contributed by atoms with Crippen LogP contribution in [0, 0.1) is 0 Å². The van der Waals surface area contributed by atoms with Crippen LogP contribution in [0.25, 0.3) is 22.2 Å². The van der Waals surface area contributed by atoms with Crippen LogP contribution in [0.4, 0.5) is 5.69 Å². The number of aromatic nitrogens is 2. The minimum Gasteiger partial charge on any atom is -0.324 e. The molecule has 0 aliphatic heterocycles. The van der Waals surface area contributed by atoms with E-state index in [-0.39, 0.29) is 12.5 Å². The number of carbonyl (C=O) groups excluding carboxylic acids is 1. The second-order valence-corrected chi connectivity index (χ2v) is 7.37. The van der Waals surface area contributed by atoms with Gasteiger partial charge in [0.1, 0.15) is 6.54 Å². The van der Waals surface area contributed by atoms with Gasteiger partial charge in [0.15, 0.2) is 0 Å². The highest BCUT2D eigenvalue weighted by Gasteiger charge is 2.14. The molecule has 0 spiro atoms. The molecule has 29 heavy (non-hydrogen) atoms. The summed E-state index contributed by atoms with van der Waals surface area (Å²) in [5.41, 5.74) is 2.42. The molecule has 0 aliphatic carbocycles. The number of hydrogen-bond donors (Lipinski definition) is 1. The number of anilines is 1. The smallest absolute Gasteiger partial charge is 0.324 e. The Labute approximate surface area is 172 Å². The van der Waals surface area contributed by atoms with Gasteiger partial charge >= 0.3 is 5.69 Å². The van der Waals surface area contributed by atoms with Crippen molar-refractivity contribution in [3.63, 3.8) is 0 Å². The Hall–Kier alpha value is -3.38. The third kappa shape index (κ3) is 4.07. The van der Waals surface area contributed by atoms with Gasteiger partial charge in [-0.15, -0.1) is 11.8 Å². The molecule has 5 nitrogen and oxygen atoms in total. The third-order valence-corrected chi connectivity index (χ3v) is 5.32. The molecule has 0 bridgehead atoms. The van der Waals surface area contributed by atoms with Crippen molar-refractivity contribution in [3.05, 3.63) is 89.3 Å². The molecule has 0 fully saturated rings. The van der Waals surface area contributed by atoms with Gasteiger partial charge in [0.2, 0.25) is 5.91 Å². The second kappa shape index (κ2) is 8.32. The lowest BCUT2D eigenvalue weighted by Crippen LogP contribution is -2.30. The monoisotopic (exact) mass is 401 g/mol. The number of fused-ring (bicyclic) bond motifs is 1. The first-order valence-corrected chi connectivity index (χ1v) is 10.4. The van der Waals surface area contributed by atoms with Crippen molar-refractivity contribution < 1.29 is 4.79 Å². The van der Waals surface area contributed by atoms with E-state index in [0.717, 1.165) is 15.8 Å². The van der Waals surface area contributed by atoms with Crippen LogP contribution < -0.4 is 11.0 Å². The van der Waals surface area contributed by atoms with Crippen molar-refractivity contribution in [2.45, 2.75) is 11.4 Å². The van der Waals surface area contributed by atoms with Crippen molar-refractivity contribution in [2.24, 2.45) is 0 Å². The van der Waals surface area contributed by atoms with E-state index in [1.165, 1.54) is 4.57 Å². The molecule has 1 aromatic heterocycles. The van der Waals surface area contributed by atoms with Crippen LogP contribution in [0.2, 0.25) is 0 Å². The molecule has 0 radical (unpaired) electrons. The van der Waals surface area contributed by atoms with E-state index in [2.05, 4.69) is 10.3 Å². The molecular weight excluding hydrogens is 382 g/mol. The summed E-state index contributed by atoms with van der Waals surface area (Å²) in [5, 5.41) is 3.69. The van der Waals surface area contributed by atoms with Gasteiger partial charge in [-0.05, 0) is 30.5 Å². The number of benzene rings is 3. The molecule has 0 unspecified atom stereocenters. The standard InChI is InChI=1S/C23H19N3O2S/c1-29-18-11-7-10-17(14-18)24-21(27)15-26-20-13-6-5-12-19(20)22(25-23(26)28)16-8-3-2-4-9-16/h2-14H,15H2,1H3,(H,24,27). The summed E-state index contributed by atoms with van der Waals surface area (Å²) in [6, 6.07) is 24.7. The highest BCUT2D eigenvalue weighted by Crippen LogP contribution is 2.25. The maximum Gasteiger partial charge on any atom is 0.349 e. The predicted octanol–water partition coefficient (Wildman–Crippen LogP) is 4.42. The van der Waals surface area contributed by atoms with Crippen LogP contribution in [0.3, 0.4) is 0 Å². The van der Waals surface area contributed by atoms with Gasteiger partial charge < -0.3 is 5.32 Å². The van der Waals surface area contributed by atoms with Gasteiger partial charge in [-0.3, -0.25) is 9.36 Å². The maximum atomic E-state index is 12.8. The number of rotatable bonds is 5. The summed E-state index contributed by atoms with van der Waals surface area (Å²) >= 11 is 1.60. The number of thioether (sulfide) groups is 1. The lowest BCUT2D eigenvalue weighted by Gasteiger charge is -2.13. The van der Waals surface area contributed by atoms with Crippen LogP contribution in [-0.4, -0.2) is 21.7 Å². The SMILES string of the molecule is CSc1cccc(NC(=O)Cn2c(=O)nc(-c3ccccc3)c3ccccc32)c1. The highest BCUT2D eigenvalue weighted by molar-refractivity contribution is 7.98. The van der Waals surface area contributed by atoms with Gasteiger partial charge in [-0.25, -0.2) is 4.79 Å². The summed E-state index contributed by atoms with van der Waals surface area (Å²) in [4.78, 5) is 30.7. The average Bonchev–Trinajstić information content (AvgIpc) is 2.76. The van der Waals surface area contributed by atoms with Gasteiger partial charge in [-0.2, -0.15) is 4.98 Å². The fraction of sp³-hybridized carbons (Fsp3) is 0.0870. The molecule has 0 atom stereocenters. The van der Waals surface area contributed by atoms with Crippen LogP contribution >= 0.6 is 11.8 Å². The lowest BCUT2D eigenvalue weighted by atomic mass is 10.1. The van der Waals surface area contributed by atoms with E-state index in [9.17, 15) is 9.59 Å². The van der Waals surface area contributed by atoms with E-state index in [1.807, 2.05) is 85.1 Å². The van der Waals surface area contributed by atoms with Gasteiger partial charge in [0.05, 0.1) is 11.2 Å². The Balaban J connectivity index is 1.70. The van der Waals surface area contributed by atoms with E-state index in [4.69, 9.17) is 0 Å². The van der Waals surface area contributed by atoms with Crippen molar-refractivity contribution in [1.82, 2.24) is 9.55 Å².